The summed E-state index contributed by atoms with van der Waals surface area (Å²) in [6.07, 6.45) is -0.446. The molecule has 2 aliphatic heterocycles. The van der Waals surface area contributed by atoms with Gasteiger partial charge in [0.05, 0.1) is 19.3 Å². The molecule has 0 radical (unpaired) electrons. The highest BCUT2D eigenvalue weighted by Gasteiger charge is 2.59. The lowest BCUT2D eigenvalue weighted by atomic mass is 9.75. The molecule has 0 bridgehead atoms. The summed E-state index contributed by atoms with van der Waals surface area (Å²) >= 11 is 0. The van der Waals surface area contributed by atoms with Crippen molar-refractivity contribution in [3.8, 4) is 5.75 Å². The van der Waals surface area contributed by atoms with Crippen molar-refractivity contribution in [1.29, 1.82) is 0 Å². The summed E-state index contributed by atoms with van der Waals surface area (Å²) in [5.41, 5.74) is 0.745. The molecular formula is C23H25FN2O4. The predicted octanol–water partition coefficient (Wildman–Crippen LogP) is 3.87. The van der Waals surface area contributed by atoms with Gasteiger partial charge in [-0.2, -0.15) is 0 Å². The number of anilines is 1. The van der Waals surface area contributed by atoms with Crippen molar-refractivity contribution in [2.75, 3.05) is 25.1 Å². The topological polar surface area (TPSA) is 59.1 Å². The van der Waals surface area contributed by atoms with E-state index in [9.17, 15) is 14.0 Å². The van der Waals surface area contributed by atoms with E-state index in [0.717, 1.165) is 16.9 Å². The quantitative estimate of drug-likeness (QED) is 0.768. The maximum atomic E-state index is 14.0. The Morgan fingerprint density at radius 3 is 2.40 bits per heavy atom. The zero-order valence-corrected chi connectivity index (χ0v) is 17.6. The number of likely N-dealkylation sites (tertiary alicyclic amines) is 1. The van der Waals surface area contributed by atoms with Gasteiger partial charge in [0.15, 0.2) is 0 Å². The molecule has 0 unspecified atom stereocenters. The molecule has 2 heterocycles. The fraction of sp³-hybridized carbons (Fsp3) is 0.391. The number of hydrogen-bond acceptors (Lipinski definition) is 4. The first-order valence-corrected chi connectivity index (χ1v) is 9.86. The van der Waals surface area contributed by atoms with Crippen LogP contribution in [-0.4, -0.2) is 42.7 Å². The number of nitrogens with zero attached hydrogens (tertiary/aromatic N) is 2. The van der Waals surface area contributed by atoms with E-state index in [2.05, 4.69) is 0 Å². The number of rotatable bonds is 3. The lowest BCUT2D eigenvalue weighted by Gasteiger charge is -2.46. The molecule has 0 saturated carbocycles. The van der Waals surface area contributed by atoms with Crippen LogP contribution in [-0.2, 0) is 21.5 Å². The summed E-state index contributed by atoms with van der Waals surface area (Å²) in [4.78, 5) is 29.0. The van der Waals surface area contributed by atoms with Crippen molar-refractivity contribution in [2.45, 2.75) is 38.3 Å². The third kappa shape index (κ3) is 3.38. The molecular weight excluding hydrogens is 387 g/mol. The Morgan fingerprint density at radius 1 is 1.13 bits per heavy atom. The van der Waals surface area contributed by atoms with Gasteiger partial charge in [-0.3, -0.25) is 4.79 Å². The molecule has 2 aliphatic rings. The van der Waals surface area contributed by atoms with Gasteiger partial charge in [0, 0.05) is 13.1 Å². The average Bonchev–Trinajstić information content (AvgIpc) is 2.88. The van der Waals surface area contributed by atoms with E-state index in [1.165, 1.54) is 17.0 Å². The van der Waals surface area contributed by atoms with Crippen molar-refractivity contribution in [3.05, 3.63) is 59.4 Å². The largest absolute Gasteiger partial charge is 0.497 e. The number of hydrogen-bond donors (Lipinski definition) is 0. The molecule has 0 atom stereocenters. The first kappa shape index (κ1) is 20.2. The first-order valence-electron chi connectivity index (χ1n) is 9.86. The molecule has 30 heavy (non-hydrogen) atoms. The first-order chi connectivity index (χ1) is 14.1. The summed E-state index contributed by atoms with van der Waals surface area (Å²) in [6.45, 7) is 6.16. The van der Waals surface area contributed by atoms with Gasteiger partial charge in [0.25, 0.3) is 0 Å². The number of benzene rings is 2. The molecule has 1 fully saturated rings. The molecule has 2 aromatic carbocycles. The summed E-state index contributed by atoms with van der Waals surface area (Å²) in [5.74, 6) is 0.196. The molecule has 158 valence electrons. The van der Waals surface area contributed by atoms with E-state index in [1.54, 1.807) is 38.8 Å². The highest BCUT2D eigenvalue weighted by molar-refractivity contribution is 6.09. The third-order valence-electron chi connectivity index (χ3n) is 5.49. The van der Waals surface area contributed by atoms with Crippen molar-refractivity contribution in [1.82, 2.24) is 4.90 Å². The maximum absolute atomic E-state index is 14.0. The van der Waals surface area contributed by atoms with Gasteiger partial charge in [-0.15, -0.1) is 0 Å². The number of ether oxygens (including phenoxy) is 2. The Kier molecular flexibility index (Phi) is 4.71. The normalized spacial score (nSPS) is 17.0. The minimum Gasteiger partial charge on any atom is -0.497 e. The van der Waals surface area contributed by atoms with Gasteiger partial charge in [-0.05, 0) is 56.2 Å². The molecule has 0 aromatic heterocycles. The molecule has 1 spiro atoms. The van der Waals surface area contributed by atoms with Gasteiger partial charge in [-0.25, -0.2) is 9.18 Å². The third-order valence-corrected chi connectivity index (χ3v) is 5.49. The van der Waals surface area contributed by atoms with Gasteiger partial charge >= 0.3 is 6.09 Å². The fourth-order valence-electron chi connectivity index (χ4n) is 4.05. The van der Waals surface area contributed by atoms with Crippen LogP contribution in [0.2, 0.25) is 0 Å². The zero-order valence-electron chi connectivity index (χ0n) is 17.6. The van der Waals surface area contributed by atoms with Crippen LogP contribution in [0, 0.1) is 5.82 Å². The summed E-state index contributed by atoms with van der Waals surface area (Å²) in [6, 6.07) is 11.8. The molecule has 2 amide bonds. The monoisotopic (exact) mass is 412 g/mol. The van der Waals surface area contributed by atoms with E-state index in [4.69, 9.17) is 9.47 Å². The smallest absolute Gasteiger partial charge is 0.410 e. The number of carbonyl (C=O) groups excluding carboxylic acids is 2. The van der Waals surface area contributed by atoms with Crippen LogP contribution in [0.5, 0.6) is 5.75 Å². The predicted molar refractivity (Wildman–Crippen MR) is 110 cm³/mol. The summed E-state index contributed by atoms with van der Waals surface area (Å²) in [7, 11) is 1.59. The Bertz CT molecular complexity index is 991. The molecule has 6 nitrogen and oxygen atoms in total. The van der Waals surface area contributed by atoms with Crippen molar-refractivity contribution in [3.63, 3.8) is 0 Å². The van der Waals surface area contributed by atoms with Crippen LogP contribution in [0.3, 0.4) is 0 Å². The van der Waals surface area contributed by atoms with Crippen LogP contribution >= 0.6 is 0 Å². The Morgan fingerprint density at radius 2 is 1.80 bits per heavy atom. The maximum Gasteiger partial charge on any atom is 0.410 e. The van der Waals surface area contributed by atoms with Gasteiger partial charge in [0.1, 0.15) is 22.6 Å². The highest BCUT2D eigenvalue weighted by atomic mass is 19.1. The van der Waals surface area contributed by atoms with Crippen molar-refractivity contribution >= 4 is 17.7 Å². The van der Waals surface area contributed by atoms with Crippen molar-refractivity contribution < 1.29 is 23.5 Å². The van der Waals surface area contributed by atoms with Crippen LogP contribution in [0.1, 0.15) is 31.9 Å². The number of halogens is 1. The van der Waals surface area contributed by atoms with E-state index in [0.29, 0.717) is 12.2 Å². The number of carbonyl (C=O) groups is 2. The van der Waals surface area contributed by atoms with Gasteiger partial charge in [-0.1, -0.05) is 18.2 Å². The minimum atomic E-state index is -0.855. The van der Waals surface area contributed by atoms with Crippen LogP contribution in [0.15, 0.2) is 42.5 Å². The standard InChI is InChI=1S/C23H25FN2O4/c1-22(2,3)30-21(28)25-13-23(14-25)18-10-7-16(24)11-19(18)26(20(23)27)12-15-5-8-17(29-4)9-6-15/h5-11H,12-14H2,1-4H3. The Hall–Kier alpha value is -3.09. The number of amides is 2. The molecule has 2 aromatic rings. The Labute approximate surface area is 175 Å². The zero-order chi connectivity index (χ0) is 21.7. The van der Waals surface area contributed by atoms with Gasteiger partial charge < -0.3 is 19.3 Å². The van der Waals surface area contributed by atoms with Crippen molar-refractivity contribution in [2.24, 2.45) is 0 Å². The SMILES string of the molecule is COc1ccc(CN2C(=O)C3(CN(C(=O)OC(C)(C)C)C3)c3ccc(F)cc32)cc1. The molecule has 0 aliphatic carbocycles. The second-order valence-electron chi connectivity index (χ2n) is 8.82. The Balaban J connectivity index is 1.60. The molecule has 0 N–H and O–H groups in total. The minimum absolute atomic E-state index is 0.126. The fourth-order valence-corrected chi connectivity index (χ4v) is 4.05. The molecule has 1 saturated heterocycles. The molecule has 7 heteroatoms. The number of fused-ring (bicyclic) bond motifs is 2. The summed E-state index contributed by atoms with van der Waals surface area (Å²) < 4.78 is 24.6. The van der Waals surface area contributed by atoms with E-state index in [1.807, 2.05) is 24.3 Å². The van der Waals surface area contributed by atoms with Crippen LogP contribution in [0.25, 0.3) is 0 Å². The second kappa shape index (κ2) is 7.00. The highest BCUT2D eigenvalue weighted by Crippen LogP contribution is 2.48. The van der Waals surface area contributed by atoms with E-state index >= 15 is 0 Å². The second-order valence-corrected chi connectivity index (χ2v) is 8.82. The van der Waals surface area contributed by atoms with Crippen LogP contribution in [0.4, 0.5) is 14.9 Å². The molecule has 4 rings (SSSR count). The van der Waals surface area contributed by atoms with Gasteiger partial charge in [0.2, 0.25) is 5.91 Å². The van der Waals surface area contributed by atoms with Crippen LogP contribution < -0.4 is 9.64 Å². The summed E-state index contributed by atoms with van der Waals surface area (Å²) in [5, 5.41) is 0. The number of methoxy groups -OCH3 is 1. The lowest BCUT2D eigenvalue weighted by Crippen LogP contribution is -2.65. The van der Waals surface area contributed by atoms with E-state index in [-0.39, 0.29) is 19.0 Å². The average molecular weight is 412 g/mol. The van der Waals surface area contributed by atoms with E-state index < -0.39 is 22.9 Å². The lowest BCUT2D eigenvalue weighted by molar-refractivity contribution is -0.129.